The minimum absolute atomic E-state index is 0.0239. The van der Waals surface area contributed by atoms with Crippen LogP contribution in [-0.2, 0) is 4.79 Å². The van der Waals surface area contributed by atoms with Crippen LogP contribution in [0.15, 0.2) is 36.5 Å². The molecule has 2 aliphatic heterocycles. The summed E-state index contributed by atoms with van der Waals surface area (Å²) >= 11 is 0. The molecular formula is C22H29N3O. The Morgan fingerprint density at radius 1 is 1.19 bits per heavy atom. The standard InChI is InChI=1S/C22H29N3O/c1-16-7-11-25(12-8-16)22(26)17(2)24-13-9-18(10-14-24)20-15-23-21-6-4-3-5-19(20)21/h3-6,9,15-17,23H,7-8,10-14H2,1-2H3/t17-/m1/s1. The Bertz CT molecular complexity index is 814. The van der Waals surface area contributed by atoms with Crippen LogP contribution in [0.2, 0.25) is 0 Å². The van der Waals surface area contributed by atoms with E-state index in [0.717, 1.165) is 51.4 Å². The van der Waals surface area contributed by atoms with Crippen molar-refractivity contribution < 1.29 is 4.79 Å². The Balaban J connectivity index is 1.43. The van der Waals surface area contributed by atoms with E-state index in [2.05, 4.69) is 65.2 Å². The van der Waals surface area contributed by atoms with Crippen LogP contribution < -0.4 is 0 Å². The zero-order valence-electron chi connectivity index (χ0n) is 15.9. The van der Waals surface area contributed by atoms with Gasteiger partial charge in [0.05, 0.1) is 6.04 Å². The normalized spacial score (nSPS) is 21.0. The first-order valence-electron chi connectivity index (χ1n) is 9.92. The van der Waals surface area contributed by atoms with Crippen LogP contribution in [0.4, 0.5) is 0 Å². The molecule has 1 aromatic carbocycles. The number of likely N-dealkylation sites (tertiary alicyclic amines) is 1. The minimum Gasteiger partial charge on any atom is -0.361 e. The first-order valence-corrected chi connectivity index (χ1v) is 9.92. The van der Waals surface area contributed by atoms with Gasteiger partial charge >= 0.3 is 0 Å². The lowest BCUT2D eigenvalue weighted by atomic mass is 9.97. The van der Waals surface area contributed by atoms with Crippen LogP contribution in [0.5, 0.6) is 0 Å². The molecule has 4 rings (SSSR count). The van der Waals surface area contributed by atoms with E-state index in [1.165, 1.54) is 22.0 Å². The molecule has 1 aromatic heterocycles. The van der Waals surface area contributed by atoms with Gasteiger partial charge in [-0.25, -0.2) is 0 Å². The van der Waals surface area contributed by atoms with E-state index >= 15 is 0 Å². The Morgan fingerprint density at radius 2 is 1.96 bits per heavy atom. The molecule has 0 unspecified atom stereocenters. The highest BCUT2D eigenvalue weighted by Crippen LogP contribution is 2.29. The van der Waals surface area contributed by atoms with Gasteiger partial charge in [0.15, 0.2) is 0 Å². The molecule has 1 atom stereocenters. The number of nitrogens with one attached hydrogen (secondary N) is 1. The highest BCUT2D eigenvalue weighted by molar-refractivity contribution is 5.92. The third kappa shape index (κ3) is 3.30. The Morgan fingerprint density at radius 3 is 2.69 bits per heavy atom. The number of hydrogen-bond acceptors (Lipinski definition) is 2. The Labute approximate surface area is 155 Å². The molecule has 1 amide bonds. The molecule has 138 valence electrons. The second-order valence-electron chi connectivity index (χ2n) is 7.91. The number of amides is 1. The average molecular weight is 351 g/mol. The quantitative estimate of drug-likeness (QED) is 0.911. The molecule has 3 heterocycles. The zero-order valence-corrected chi connectivity index (χ0v) is 15.9. The fourth-order valence-electron chi connectivity index (χ4n) is 4.27. The number of nitrogens with zero attached hydrogens (tertiary/aromatic N) is 2. The minimum atomic E-state index is -0.0239. The summed E-state index contributed by atoms with van der Waals surface area (Å²) in [4.78, 5) is 20.6. The maximum Gasteiger partial charge on any atom is 0.239 e. The largest absolute Gasteiger partial charge is 0.361 e. The highest BCUT2D eigenvalue weighted by Gasteiger charge is 2.29. The Hall–Kier alpha value is -2.07. The van der Waals surface area contributed by atoms with Gasteiger partial charge in [-0.15, -0.1) is 0 Å². The summed E-state index contributed by atoms with van der Waals surface area (Å²) in [6.07, 6.45) is 7.71. The summed E-state index contributed by atoms with van der Waals surface area (Å²) in [5, 5.41) is 1.29. The number of aromatic amines is 1. The molecule has 1 fully saturated rings. The van der Waals surface area contributed by atoms with Crippen LogP contribution in [0.1, 0.15) is 38.7 Å². The topological polar surface area (TPSA) is 39.3 Å². The van der Waals surface area contributed by atoms with E-state index in [1.54, 1.807) is 0 Å². The fraction of sp³-hybridized carbons (Fsp3) is 0.500. The smallest absolute Gasteiger partial charge is 0.239 e. The van der Waals surface area contributed by atoms with Crippen LogP contribution >= 0.6 is 0 Å². The van der Waals surface area contributed by atoms with Crippen LogP contribution in [0, 0.1) is 5.92 Å². The predicted molar refractivity (Wildman–Crippen MR) is 107 cm³/mol. The van der Waals surface area contributed by atoms with Crippen LogP contribution in [-0.4, -0.2) is 52.9 Å². The van der Waals surface area contributed by atoms with E-state index in [-0.39, 0.29) is 6.04 Å². The summed E-state index contributed by atoms with van der Waals surface area (Å²) in [6.45, 7) is 8.01. The summed E-state index contributed by atoms with van der Waals surface area (Å²) < 4.78 is 0. The number of carbonyl (C=O) groups excluding carboxylic acids is 1. The van der Waals surface area contributed by atoms with Crippen LogP contribution in [0.25, 0.3) is 16.5 Å². The van der Waals surface area contributed by atoms with Gasteiger partial charge < -0.3 is 9.88 Å². The fourth-order valence-corrected chi connectivity index (χ4v) is 4.27. The lowest BCUT2D eigenvalue weighted by molar-refractivity contribution is -0.137. The average Bonchev–Trinajstić information content (AvgIpc) is 3.12. The maximum atomic E-state index is 12.8. The Kier molecular flexibility index (Phi) is 4.86. The molecule has 2 aromatic rings. The molecule has 1 saturated heterocycles. The first-order chi connectivity index (χ1) is 12.6. The molecule has 4 heteroatoms. The van der Waals surface area contributed by atoms with E-state index in [9.17, 15) is 4.79 Å². The lowest BCUT2D eigenvalue weighted by Crippen LogP contribution is -2.50. The van der Waals surface area contributed by atoms with Gasteiger partial charge in [0, 0.05) is 48.8 Å². The van der Waals surface area contributed by atoms with Crippen molar-refractivity contribution in [3.8, 4) is 0 Å². The van der Waals surface area contributed by atoms with Crippen molar-refractivity contribution >= 4 is 22.4 Å². The third-order valence-electron chi connectivity index (χ3n) is 6.18. The number of aromatic nitrogens is 1. The van der Waals surface area contributed by atoms with Crippen molar-refractivity contribution in [2.75, 3.05) is 26.2 Å². The van der Waals surface area contributed by atoms with Crippen molar-refractivity contribution in [1.82, 2.24) is 14.8 Å². The maximum absolute atomic E-state index is 12.8. The van der Waals surface area contributed by atoms with E-state index in [1.807, 2.05) is 0 Å². The molecule has 0 bridgehead atoms. The van der Waals surface area contributed by atoms with Crippen molar-refractivity contribution in [3.05, 3.63) is 42.1 Å². The van der Waals surface area contributed by atoms with E-state index < -0.39 is 0 Å². The lowest BCUT2D eigenvalue weighted by Gasteiger charge is -2.37. The number of para-hydroxylation sites is 1. The number of fused-ring (bicyclic) bond motifs is 1. The summed E-state index contributed by atoms with van der Waals surface area (Å²) in [5.74, 6) is 1.06. The van der Waals surface area contributed by atoms with E-state index in [0.29, 0.717) is 5.91 Å². The van der Waals surface area contributed by atoms with Gasteiger partial charge in [-0.3, -0.25) is 9.69 Å². The number of hydrogen-bond donors (Lipinski definition) is 1. The summed E-state index contributed by atoms with van der Waals surface area (Å²) in [6, 6.07) is 8.43. The molecule has 26 heavy (non-hydrogen) atoms. The molecule has 4 nitrogen and oxygen atoms in total. The van der Waals surface area contributed by atoms with Gasteiger partial charge in [-0.2, -0.15) is 0 Å². The molecule has 0 saturated carbocycles. The molecule has 2 aliphatic rings. The van der Waals surface area contributed by atoms with Gasteiger partial charge in [0.1, 0.15) is 0 Å². The molecular weight excluding hydrogens is 322 g/mol. The second-order valence-corrected chi connectivity index (χ2v) is 7.91. The SMILES string of the molecule is CC1CCN(C(=O)[C@@H](C)N2CC=C(c3c[nH]c4ccccc34)CC2)CC1. The molecule has 1 N–H and O–H groups in total. The van der Waals surface area contributed by atoms with Gasteiger partial charge in [0.25, 0.3) is 0 Å². The van der Waals surface area contributed by atoms with E-state index in [4.69, 9.17) is 0 Å². The van der Waals surface area contributed by atoms with Gasteiger partial charge in [-0.05, 0) is 43.7 Å². The predicted octanol–water partition coefficient (Wildman–Crippen LogP) is 3.90. The number of benzene rings is 1. The summed E-state index contributed by atoms with van der Waals surface area (Å²) in [5.41, 5.74) is 3.89. The zero-order chi connectivity index (χ0) is 18.1. The second kappa shape index (κ2) is 7.28. The molecule has 0 spiro atoms. The summed E-state index contributed by atoms with van der Waals surface area (Å²) in [7, 11) is 0. The molecule has 0 aliphatic carbocycles. The third-order valence-corrected chi connectivity index (χ3v) is 6.18. The van der Waals surface area contributed by atoms with Crippen molar-refractivity contribution in [1.29, 1.82) is 0 Å². The highest BCUT2D eigenvalue weighted by atomic mass is 16.2. The van der Waals surface area contributed by atoms with Crippen LogP contribution in [0.3, 0.4) is 0 Å². The van der Waals surface area contributed by atoms with Gasteiger partial charge in [0.2, 0.25) is 5.91 Å². The van der Waals surface area contributed by atoms with Gasteiger partial charge in [-0.1, -0.05) is 31.2 Å². The number of H-pyrrole nitrogens is 1. The number of piperidine rings is 1. The first kappa shape index (κ1) is 17.3. The number of carbonyl (C=O) groups is 1. The van der Waals surface area contributed by atoms with Crippen molar-refractivity contribution in [2.45, 2.75) is 39.2 Å². The van der Waals surface area contributed by atoms with Crippen molar-refractivity contribution in [3.63, 3.8) is 0 Å². The molecule has 0 radical (unpaired) electrons. The monoisotopic (exact) mass is 351 g/mol. The number of rotatable bonds is 3. The van der Waals surface area contributed by atoms with Crippen molar-refractivity contribution in [2.24, 2.45) is 5.92 Å².